The van der Waals surface area contributed by atoms with E-state index in [1.807, 2.05) is 25.3 Å². The van der Waals surface area contributed by atoms with Gasteiger partial charge in [0.05, 0.1) is 12.1 Å². The van der Waals surface area contributed by atoms with Gasteiger partial charge in [-0.1, -0.05) is 12.1 Å². The van der Waals surface area contributed by atoms with Crippen molar-refractivity contribution in [3.8, 4) is 0 Å². The van der Waals surface area contributed by atoms with Crippen molar-refractivity contribution in [1.29, 1.82) is 0 Å². The molecule has 22 heavy (non-hydrogen) atoms. The number of benzene rings is 1. The third-order valence-corrected chi connectivity index (χ3v) is 3.80. The molecule has 1 amide bonds. The van der Waals surface area contributed by atoms with Gasteiger partial charge in [-0.25, -0.2) is 0 Å². The molecule has 0 spiro atoms. The number of carboxylic acid groups (broad SMARTS) is 1. The highest BCUT2D eigenvalue weighted by Gasteiger charge is 2.43. The molecule has 0 radical (unpaired) electrons. The SMILES string of the molecule is Cc1cnn(CC(=O)Nc2ccc([C@@H]3C[C@H]3C(=O)O)cc2)c1. The van der Waals surface area contributed by atoms with Crippen LogP contribution in [0.15, 0.2) is 36.7 Å². The zero-order valence-corrected chi connectivity index (χ0v) is 12.2. The Balaban J connectivity index is 1.57. The van der Waals surface area contributed by atoms with Crippen molar-refractivity contribution in [3.63, 3.8) is 0 Å². The zero-order valence-electron chi connectivity index (χ0n) is 12.2. The molecule has 1 heterocycles. The van der Waals surface area contributed by atoms with Gasteiger partial charge in [0.1, 0.15) is 6.54 Å². The Labute approximate surface area is 127 Å². The molecule has 6 heteroatoms. The van der Waals surface area contributed by atoms with Crippen molar-refractivity contribution in [2.75, 3.05) is 5.32 Å². The van der Waals surface area contributed by atoms with E-state index >= 15 is 0 Å². The van der Waals surface area contributed by atoms with Crippen LogP contribution in [0.5, 0.6) is 0 Å². The highest BCUT2D eigenvalue weighted by atomic mass is 16.4. The molecule has 2 aromatic rings. The number of hydrogen-bond donors (Lipinski definition) is 2. The minimum absolute atomic E-state index is 0.106. The molecule has 6 nitrogen and oxygen atoms in total. The number of nitrogens with one attached hydrogen (secondary N) is 1. The normalized spacial score (nSPS) is 19.7. The van der Waals surface area contributed by atoms with Gasteiger partial charge in [0.15, 0.2) is 0 Å². The molecule has 0 saturated heterocycles. The number of rotatable bonds is 5. The molecule has 114 valence electrons. The molecule has 1 aromatic heterocycles. The molecule has 0 unspecified atom stereocenters. The Morgan fingerprint density at radius 1 is 1.36 bits per heavy atom. The fraction of sp³-hybridized carbons (Fsp3) is 0.312. The van der Waals surface area contributed by atoms with E-state index in [4.69, 9.17) is 5.11 Å². The van der Waals surface area contributed by atoms with Gasteiger partial charge in [0, 0.05) is 11.9 Å². The number of carbonyl (C=O) groups excluding carboxylic acids is 1. The zero-order chi connectivity index (χ0) is 15.7. The number of hydrogen-bond acceptors (Lipinski definition) is 3. The van der Waals surface area contributed by atoms with Crippen LogP contribution in [0, 0.1) is 12.8 Å². The maximum Gasteiger partial charge on any atom is 0.307 e. The minimum Gasteiger partial charge on any atom is -0.481 e. The fourth-order valence-electron chi connectivity index (χ4n) is 2.55. The van der Waals surface area contributed by atoms with Gasteiger partial charge >= 0.3 is 5.97 Å². The lowest BCUT2D eigenvalue weighted by Crippen LogP contribution is -2.18. The second-order valence-electron chi connectivity index (χ2n) is 5.67. The van der Waals surface area contributed by atoms with Crippen LogP contribution in [0.2, 0.25) is 0 Å². The minimum atomic E-state index is -0.739. The van der Waals surface area contributed by atoms with Crippen LogP contribution in [0.3, 0.4) is 0 Å². The predicted octanol–water partition coefficient (Wildman–Crippen LogP) is 2.02. The van der Waals surface area contributed by atoms with E-state index in [9.17, 15) is 9.59 Å². The Hall–Kier alpha value is -2.63. The summed E-state index contributed by atoms with van der Waals surface area (Å²) in [5.41, 5.74) is 2.72. The number of anilines is 1. The molecule has 1 fully saturated rings. The summed E-state index contributed by atoms with van der Waals surface area (Å²) in [6.07, 6.45) is 4.21. The molecule has 3 rings (SSSR count). The van der Waals surface area contributed by atoms with Crippen LogP contribution in [-0.4, -0.2) is 26.8 Å². The third-order valence-electron chi connectivity index (χ3n) is 3.80. The summed E-state index contributed by atoms with van der Waals surface area (Å²) in [5.74, 6) is -1.04. The lowest BCUT2D eigenvalue weighted by molar-refractivity contribution is -0.138. The maximum absolute atomic E-state index is 11.9. The number of aliphatic carboxylic acids is 1. The Morgan fingerprint density at radius 2 is 2.09 bits per heavy atom. The standard InChI is InChI=1S/C16H17N3O3/c1-10-7-17-19(8-10)9-15(20)18-12-4-2-11(3-5-12)13-6-14(13)16(21)22/h2-5,7-8,13-14H,6,9H2,1H3,(H,18,20)(H,21,22)/t13-,14+/m0/s1. The largest absolute Gasteiger partial charge is 0.481 e. The Morgan fingerprint density at radius 3 is 2.64 bits per heavy atom. The molecule has 1 aromatic carbocycles. The number of amides is 1. The Bertz CT molecular complexity index is 706. The first-order valence-electron chi connectivity index (χ1n) is 7.14. The second-order valence-corrected chi connectivity index (χ2v) is 5.67. The van der Waals surface area contributed by atoms with E-state index in [-0.39, 0.29) is 24.3 Å². The van der Waals surface area contributed by atoms with Crippen LogP contribution in [-0.2, 0) is 16.1 Å². The molecule has 0 bridgehead atoms. The monoisotopic (exact) mass is 299 g/mol. The van der Waals surface area contributed by atoms with E-state index in [1.54, 1.807) is 23.0 Å². The van der Waals surface area contributed by atoms with Crippen molar-refractivity contribution in [1.82, 2.24) is 9.78 Å². The summed E-state index contributed by atoms with van der Waals surface area (Å²) in [4.78, 5) is 22.8. The third kappa shape index (κ3) is 3.16. The lowest BCUT2D eigenvalue weighted by Gasteiger charge is -2.06. The Kier molecular flexibility index (Phi) is 3.66. The topological polar surface area (TPSA) is 84.2 Å². The average molecular weight is 299 g/mol. The summed E-state index contributed by atoms with van der Waals surface area (Å²) in [5, 5.41) is 15.8. The molecule has 1 saturated carbocycles. The molecule has 2 atom stereocenters. The first-order chi connectivity index (χ1) is 10.5. The second kappa shape index (κ2) is 5.63. The van der Waals surface area contributed by atoms with Gasteiger partial charge in [0.25, 0.3) is 0 Å². The van der Waals surface area contributed by atoms with Crippen LogP contribution >= 0.6 is 0 Å². The molecule has 2 N–H and O–H groups in total. The maximum atomic E-state index is 11.9. The summed E-state index contributed by atoms with van der Waals surface area (Å²) in [7, 11) is 0. The number of carboxylic acids is 1. The average Bonchev–Trinajstić information content (AvgIpc) is 3.18. The summed E-state index contributed by atoms with van der Waals surface area (Å²) in [6.45, 7) is 2.09. The van der Waals surface area contributed by atoms with E-state index in [0.29, 0.717) is 12.1 Å². The van der Waals surface area contributed by atoms with Gasteiger partial charge in [-0.2, -0.15) is 5.10 Å². The number of carbonyl (C=O) groups is 2. The van der Waals surface area contributed by atoms with Crippen molar-refractivity contribution >= 4 is 17.6 Å². The van der Waals surface area contributed by atoms with E-state index in [2.05, 4.69) is 10.4 Å². The van der Waals surface area contributed by atoms with Gasteiger partial charge < -0.3 is 10.4 Å². The quantitative estimate of drug-likeness (QED) is 0.884. The smallest absolute Gasteiger partial charge is 0.307 e. The fourth-order valence-corrected chi connectivity index (χ4v) is 2.55. The number of aryl methyl sites for hydroxylation is 1. The molecule has 1 aliphatic carbocycles. The van der Waals surface area contributed by atoms with Crippen molar-refractivity contribution < 1.29 is 14.7 Å². The summed E-state index contributed by atoms with van der Waals surface area (Å²) >= 11 is 0. The summed E-state index contributed by atoms with van der Waals surface area (Å²) < 4.78 is 1.58. The van der Waals surface area contributed by atoms with Crippen LogP contribution in [0.25, 0.3) is 0 Å². The van der Waals surface area contributed by atoms with Crippen molar-refractivity contribution in [3.05, 3.63) is 47.8 Å². The number of aromatic nitrogens is 2. The lowest BCUT2D eigenvalue weighted by atomic mass is 10.1. The van der Waals surface area contributed by atoms with Crippen LogP contribution < -0.4 is 5.32 Å². The van der Waals surface area contributed by atoms with Crippen molar-refractivity contribution in [2.24, 2.45) is 5.92 Å². The first kappa shape index (κ1) is 14.3. The van der Waals surface area contributed by atoms with E-state index < -0.39 is 5.97 Å². The van der Waals surface area contributed by atoms with Crippen LogP contribution in [0.4, 0.5) is 5.69 Å². The highest BCUT2D eigenvalue weighted by Crippen LogP contribution is 2.47. The summed E-state index contributed by atoms with van der Waals surface area (Å²) in [6, 6.07) is 7.36. The van der Waals surface area contributed by atoms with Gasteiger partial charge in [0.2, 0.25) is 5.91 Å². The molecular weight excluding hydrogens is 282 g/mol. The number of nitrogens with zero attached hydrogens (tertiary/aromatic N) is 2. The predicted molar refractivity (Wildman–Crippen MR) is 80.5 cm³/mol. The van der Waals surface area contributed by atoms with E-state index in [1.165, 1.54) is 0 Å². The van der Waals surface area contributed by atoms with Crippen molar-refractivity contribution in [2.45, 2.75) is 25.8 Å². The van der Waals surface area contributed by atoms with Crippen LogP contribution in [0.1, 0.15) is 23.5 Å². The van der Waals surface area contributed by atoms with Gasteiger partial charge in [-0.3, -0.25) is 14.3 Å². The first-order valence-corrected chi connectivity index (χ1v) is 7.14. The van der Waals surface area contributed by atoms with Gasteiger partial charge in [-0.05, 0) is 42.5 Å². The van der Waals surface area contributed by atoms with Gasteiger partial charge in [-0.15, -0.1) is 0 Å². The highest BCUT2D eigenvalue weighted by molar-refractivity contribution is 5.90. The van der Waals surface area contributed by atoms with E-state index in [0.717, 1.165) is 11.1 Å². The molecule has 0 aliphatic heterocycles. The molecule has 1 aliphatic rings. The molecular formula is C16H17N3O3.